The predicted molar refractivity (Wildman–Crippen MR) is 112 cm³/mol. The summed E-state index contributed by atoms with van der Waals surface area (Å²) in [5.74, 6) is 2.01. The van der Waals surface area contributed by atoms with E-state index in [1.807, 2.05) is 0 Å². The van der Waals surface area contributed by atoms with Crippen LogP contribution in [0.25, 0.3) is 11.0 Å². The monoisotopic (exact) mass is 366 g/mol. The lowest BCUT2D eigenvalue weighted by Crippen LogP contribution is -2.46. The van der Waals surface area contributed by atoms with Gasteiger partial charge in [0.05, 0.1) is 16.8 Å². The zero-order valence-electron chi connectivity index (χ0n) is 15.3. The third-order valence-corrected chi connectivity index (χ3v) is 5.65. The Morgan fingerprint density at radius 2 is 1.85 bits per heavy atom. The van der Waals surface area contributed by atoms with Crippen molar-refractivity contribution in [1.82, 2.24) is 14.9 Å². The first kappa shape index (κ1) is 17.4. The Morgan fingerprint density at radius 3 is 2.62 bits per heavy atom. The number of hydrogen-bond acceptors (Lipinski definition) is 4. The van der Waals surface area contributed by atoms with E-state index >= 15 is 0 Å². The summed E-state index contributed by atoms with van der Waals surface area (Å²) in [5, 5.41) is 0. The predicted octanol–water partition coefficient (Wildman–Crippen LogP) is 3.79. The molecule has 0 unspecified atom stereocenters. The van der Waals surface area contributed by atoms with Crippen LogP contribution in [0.15, 0.2) is 48.5 Å². The van der Waals surface area contributed by atoms with Gasteiger partial charge in [-0.05, 0) is 42.5 Å². The Bertz CT molecular complexity index is 838. The number of piperazine rings is 1. The zero-order valence-corrected chi connectivity index (χ0v) is 16.1. The summed E-state index contributed by atoms with van der Waals surface area (Å²) >= 11 is 1.80. The van der Waals surface area contributed by atoms with E-state index in [1.54, 1.807) is 11.8 Å². The normalized spacial score (nSPS) is 15.7. The fraction of sp³-hybridized carbons (Fsp3) is 0.381. The summed E-state index contributed by atoms with van der Waals surface area (Å²) in [7, 11) is 0. The smallest absolute Gasteiger partial charge is 0.117 e. The molecular weight excluding hydrogens is 340 g/mol. The lowest BCUT2D eigenvalue weighted by atomic mass is 10.1. The van der Waals surface area contributed by atoms with Crippen molar-refractivity contribution in [2.45, 2.75) is 12.2 Å². The van der Waals surface area contributed by atoms with Crippen LogP contribution in [0.2, 0.25) is 0 Å². The molecule has 4 nitrogen and oxygen atoms in total. The summed E-state index contributed by atoms with van der Waals surface area (Å²) in [4.78, 5) is 13.2. The molecule has 0 saturated carbocycles. The van der Waals surface area contributed by atoms with Gasteiger partial charge in [0.2, 0.25) is 0 Å². The third kappa shape index (κ3) is 4.05. The molecule has 2 heterocycles. The summed E-state index contributed by atoms with van der Waals surface area (Å²) in [6.45, 7) is 5.63. The number of para-hydroxylation sites is 1. The molecule has 0 aliphatic carbocycles. The van der Waals surface area contributed by atoms with E-state index in [-0.39, 0.29) is 0 Å². The lowest BCUT2D eigenvalue weighted by molar-refractivity contribution is 0.261. The van der Waals surface area contributed by atoms with Crippen molar-refractivity contribution in [2.75, 3.05) is 43.9 Å². The van der Waals surface area contributed by atoms with Crippen LogP contribution in [-0.2, 0) is 12.2 Å². The van der Waals surface area contributed by atoms with Gasteiger partial charge >= 0.3 is 0 Å². The number of nitrogens with zero attached hydrogens (tertiary/aromatic N) is 3. The van der Waals surface area contributed by atoms with Crippen molar-refractivity contribution in [3.05, 3.63) is 59.9 Å². The Labute approximate surface area is 159 Å². The summed E-state index contributed by atoms with van der Waals surface area (Å²) in [6, 6.07) is 17.4. The quantitative estimate of drug-likeness (QED) is 0.720. The van der Waals surface area contributed by atoms with Crippen LogP contribution in [0.4, 0.5) is 5.69 Å². The number of rotatable bonds is 6. The van der Waals surface area contributed by atoms with Crippen molar-refractivity contribution in [1.29, 1.82) is 0 Å². The molecule has 0 bridgehead atoms. The second-order valence-electron chi connectivity index (χ2n) is 6.88. The maximum atomic E-state index is 4.64. The van der Waals surface area contributed by atoms with Crippen LogP contribution in [0, 0.1) is 0 Å². The van der Waals surface area contributed by atoms with Gasteiger partial charge < -0.3 is 9.88 Å². The van der Waals surface area contributed by atoms with Gasteiger partial charge in [0.1, 0.15) is 5.82 Å². The number of aromatic nitrogens is 2. The highest BCUT2D eigenvalue weighted by atomic mass is 32.2. The molecule has 4 rings (SSSR count). The average Bonchev–Trinajstić information content (AvgIpc) is 3.09. The molecule has 1 N–H and O–H groups in total. The molecule has 1 saturated heterocycles. The summed E-state index contributed by atoms with van der Waals surface area (Å²) in [5.41, 5.74) is 4.98. The second-order valence-corrected chi connectivity index (χ2v) is 7.75. The Hall–Kier alpha value is -1.98. The van der Waals surface area contributed by atoms with E-state index in [0.29, 0.717) is 0 Å². The highest BCUT2D eigenvalue weighted by molar-refractivity contribution is 7.97. The largest absolute Gasteiger partial charge is 0.369 e. The van der Waals surface area contributed by atoms with Crippen LogP contribution in [0.5, 0.6) is 0 Å². The Morgan fingerprint density at radius 1 is 1.04 bits per heavy atom. The van der Waals surface area contributed by atoms with Crippen molar-refractivity contribution < 1.29 is 0 Å². The molecule has 0 spiro atoms. The summed E-state index contributed by atoms with van der Waals surface area (Å²) < 4.78 is 0. The first-order chi connectivity index (χ1) is 12.8. The molecule has 5 heteroatoms. The van der Waals surface area contributed by atoms with Crippen LogP contribution < -0.4 is 4.90 Å². The van der Waals surface area contributed by atoms with Crippen molar-refractivity contribution in [2.24, 2.45) is 0 Å². The molecule has 1 aliphatic heterocycles. The molecule has 2 aromatic carbocycles. The molecular formula is C21H26N4S. The van der Waals surface area contributed by atoms with Crippen LogP contribution >= 0.6 is 11.8 Å². The van der Waals surface area contributed by atoms with E-state index in [9.17, 15) is 0 Å². The maximum Gasteiger partial charge on any atom is 0.117 e. The molecule has 0 radical (unpaired) electrons. The molecule has 0 atom stereocenters. The third-order valence-electron chi connectivity index (χ3n) is 5.09. The number of thioether (sulfide) groups is 1. The molecule has 1 aliphatic rings. The fourth-order valence-electron chi connectivity index (χ4n) is 3.63. The maximum absolute atomic E-state index is 4.64. The van der Waals surface area contributed by atoms with Gasteiger partial charge in [0.15, 0.2) is 0 Å². The van der Waals surface area contributed by atoms with Gasteiger partial charge in [-0.1, -0.05) is 24.3 Å². The highest BCUT2D eigenvalue weighted by Crippen LogP contribution is 2.18. The number of imidazole rings is 1. The topological polar surface area (TPSA) is 35.2 Å². The number of hydrogen-bond donors (Lipinski definition) is 1. The number of nitrogens with one attached hydrogen (secondary N) is 1. The highest BCUT2D eigenvalue weighted by Gasteiger charge is 2.16. The number of aromatic amines is 1. The number of H-pyrrole nitrogens is 1. The second kappa shape index (κ2) is 8.14. The average molecular weight is 367 g/mol. The van der Waals surface area contributed by atoms with Gasteiger partial charge in [0.25, 0.3) is 0 Å². The van der Waals surface area contributed by atoms with Gasteiger partial charge in [-0.15, -0.1) is 0 Å². The van der Waals surface area contributed by atoms with Crippen LogP contribution in [0.3, 0.4) is 0 Å². The number of benzene rings is 2. The number of anilines is 1. The van der Waals surface area contributed by atoms with Crippen LogP contribution in [0.1, 0.15) is 11.4 Å². The Kier molecular flexibility index (Phi) is 5.46. The number of fused-ring (bicyclic) bond motifs is 1. The minimum absolute atomic E-state index is 0.940. The van der Waals surface area contributed by atoms with E-state index < -0.39 is 0 Å². The van der Waals surface area contributed by atoms with Gasteiger partial charge in [0, 0.05) is 38.4 Å². The molecule has 1 aromatic heterocycles. The zero-order chi connectivity index (χ0) is 17.8. The van der Waals surface area contributed by atoms with Crippen LogP contribution in [-0.4, -0.2) is 53.8 Å². The standard InChI is InChI=1S/C21H26N4S/c1-26-16-21-22-19-8-7-17(15-20(19)23-21)9-10-24-11-13-25(14-12-24)18-5-3-2-4-6-18/h2-8,15H,9-14,16H2,1H3,(H,22,23). The van der Waals surface area contributed by atoms with Gasteiger partial charge in [-0.2, -0.15) is 11.8 Å². The van der Waals surface area contributed by atoms with Gasteiger partial charge in [-0.3, -0.25) is 4.90 Å². The first-order valence-corrected chi connectivity index (χ1v) is 10.7. The first-order valence-electron chi connectivity index (χ1n) is 9.30. The SMILES string of the molecule is CSCc1nc2ccc(CCN3CCN(c4ccccc4)CC3)cc2[nH]1. The van der Waals surface area contributed by atoms with E-state index in [2.05, 4.69) is 74.6 Å². The summed E-state index contributed by atoms with van der Waals surface area (Å²) in [6.07, 6.45) is 3.20. The van der Waals surface area contributed by atoms with E-state index in [1.165, 1.54) is 16.8 Å². The molecule has 1 fully saturated rings. The molecule has 26 heavy (non-hydrogen) atoms. The molecule has 3 aromatic rings. The van der Waals surface area contributed by atoms with Crippen molar-refractivity contribution in [3.8, 4) is 0 Å². The van der Waals surface area contributed by atoms with E-state index in [4.69, 9.17) is 0 Å². The van der Waals surface area contributed by atoms with Crippen molar-refractivity contribution >= 4 is 28.5 Å². The lowest BCUT2D eigenvalue weighted by Gasteiger charge is -2.36. The van der Waals surface area contributed by atoms with Gasteiger partial charge in [-0.25, -0.2) is 4.98 Å². The van der Waals surface area contributed by atoms with E-state index in [0.717, 1.165) is 56.2 Å². The van der Waals surface area contributed by atoms with Crippen molar-refractivity contribution in [3.63, 3.8) is 0 Å². The minimum atomic E-state index is 0.940. The fourth-order valence-corrected chi connectivity index (χ4v) is 4.04. The molecule has 0 amide bonds. The molecule has 136 valence electrons. The Balaban J connectivity index is 1.31. The minimum Gasteiger partial charge on any atom is -0.369 e.